The van der Waals surface area contributed by atoms with Crippen molar-refractivity contribution in [3.8, 4) is 11.5 Å². The predicted octanol–water partition coefficient (Wildman–Crippen LogP) is 0.265. The van der Waals surface area contributed by atoms with E-state index in [1.165, 1.54) is 16.4 Å². The zero-order chi connectivity index (χ0) is 16.0. The molecule has 0 aliphatic carbocycles. The van der Waals surface area contributed by atoms with E-state index < -0.39 is 25.1 Å². The van der Waals surface area contributed by atoms with E-state index in [0.717, 1.165) is 6.26 Å². The third-order valence-corrected chi connectivity index (χ3v) is 7.32. The molecule has 3 rings (SSSR count). The van der Waals surface area contributed by atoms with Gasteiger partial charge in [0, 0.05) is 25.4 Å². The average molecular weight is 347 g/mol. The number of nitrogens with zero attached hydrogens (tertiary/aromatic N) is 1. The number of hydrogen-bond donors (Lipinski definition) is 0. The van der Waals surface area contributed by atoms with Gasteiger partial charge >= 0.3 is 0 Å². The van der Waals surface area contributed by atoms with Crippen molar-refractivity contribution in [1.82, 2.24) is 4.31 Å². The van der Waals surface area contributed by atoms with Crippen molar-refractivity contribution in [3.63, 3.8) is 0 Å². The van der Waals surface area contributed by atoms with E-state index in [9.17, 15) is 16.8 Å². The Morgan fingerprint density at radius 2 is 1.77 bits per heavy atom. The molecule has 0 amide bonds. The van der Waals surface area contributed by atoms with Crippen LogP contribution in [0.3, 0.4) is 0 Å². The second-order valence-corrected chi connectivity index (χ2v) is 9.67. The van der Waals surface area contributed by atoms with Crippen molar-refractivity contribution in [2.45, 2.75) is 16.6 Å². The van der Waals surface area contributed by atoms with Gasteiger partial charge in [-0.05, 0) is 18.6 Å². The first-order chi connectivity index (χ1) is 10.3. The Balaban J connectivity index is 1.88. The highest BCUT2D eigenvalue weighted by Crippen LogP contribution is 2.34. The minimum Gasteiger partial charge on any atom is -0.486 e. The molecular weight excluding hydrogens is 330 g/mol. The summed E-state index contributed by atoms with van der Waals surface area (Å²) in [6.07, 6.45) is 1.46. The van der Waals surface area contributed by atoms with Gasteiger partial charge in [0.25, 0.3) is 0 Å². The summed E-state index contributed by atoms with van der Waals surface area (Å²) in [6.45, 7) is 1.00. The Hall–Kier alpha value is -1.32. The summed E-state index contributed by atoms with van der Waals surface area (Å²) in [5, 5.41) is -0.639. The molecule has 0 saturated carbocycles. The quantitative estimate of drug-likeness (QED) is 0.779. The Labute approximate surface area is 129 Å². The summed E-state index contributed by atoms with van der Waals surface area (Å²) >= 11 is 0. The smallest absolute Gasteiger partial charge is 0.243 e. The minimum atomic E-state index is -3.73. The van der Waals surface area contributed by atoms with Gasteiger partial charge in [0.1, 0.15) is 13.2 Å². The third kappa shape index (κ3) is 2.80. The summed E-state index contributed by atoms with van der Waals surface area (Å²) in [4.78, 5) is 0.0888. The maximum absolute atomic E-state index is 12.6. The lowest BCUT2D eigenvalue weighted by Crippen LogP contribution is -2.31. The van der Waals surface area contributed by atoms with E-state index in [2.05, 4.69) is 0 Å². The van der Waals surface area contributed by atoms with Crippen molar-refractivity contribution in [1.29, 1.82) is 0 Å². The molecule has 0 aromatic heterocycles. The third-order valence-electron chi connectivity index (χ3n) is 3.86. The molecule has 1 saturated heterocycles. The molecule has 0 N–H and O–H groups in total. The van der Waals surface area contributed by atoms with Gasteiger partial charge in [0.15, 0.2) is 21.3 Å². The van der Waals surface area contributed by atoms with Gasteiger partial charge in [-0.15, -0.1) is 0 Å². The van der Waals surface area contributed by atoms with Crippen molar-refractivity contribution in [2.24, 2.45) is 0 Å². The first kappa shape index (κ1) is 15.6. The molecule has 0 bridgehead atoms. The Morgan fingerprint density at radius 3 is 2.41 bits per heavy atom. The molecule has 1 atom stereocenters. The summed E-state index contributed by atoms with van der Waals surface area (Å²) < 4.78 is 60.4. The van der Waals surface area contributed by atoms with Crippen molar-refractivity contribution < 1.29 is 26.3 Å². The lowest BCUT2D eigenvalue weighted by atomic mass is 10.3. The summed E-state index contributed by atoms with van der Waals surface area (Å²) in [5.74, 6) is 0.909. The summed E-state index contributed by atoms with van der Waals surface area (Å²) in [6, 6.07) is 4.44. The number of fused-ring (bicyclic) bond motifs is 1. The van der Waals surface area contributed by atoms with Crippen LogP contribution in [0.4, 0.5) is 0 Å². The van der Waals surface area contributed by atoms with Crippen molar-refractivity contribution in [3.05, 3.63) is 18.2 Å². The van der Waals surface area contributed by atoms with E-state index >= 15 is 0 Å². The van der Waals surface area contributed by atoms with Crippen LogP contribution in [0.2, 0.25) is 0 Å². The van der Waals surface area contributed by atoms with Crippen LogP contribution in [0, 0.1) is 0 Å². The lowest BCUT2D eigenvalue weighted by Gasteiger charge is -2.21. The van der Waals surface area contributed by atoms with Gasteiger partial charge in [-0.3, -0.25) is 0 Å². The minimum absolute atomic E-state index is 0.00436. The second kappa shape index (κ2) is 5.39. The van der Waals surface area contributed by atoms with Gasteiger partial charge in [0.2, 0.25) is 10.0 Å². The molecule has 9 heteroatoms. The zero-order valence-corrected chi connectivity index (χ0v) is 13.7. The molecule has 0 spiro atoms. The maximum atomic E-state index is 12.6. The number of ether oxygens (including phenoxy) is 2. The molecule has 122 valence electrons. The fourth-order valence-electron chi connectivity index (χ4n) is 2.60. The molecule has 0 radical (unpaired) electrons. The molecular formula is C13H17NO6S2. The molecule has 1 aromatic rings. The maximum Gasteiger partial charge on any atom is 0.243 e. The van der Waals surface area contributed by atoms with Crippen LogP contribution in [0.15, 0.2) is 23.1 Å². The van der Waals surface area contributed by atoms with Gasteiger partial charge < -0.3 is 9.47 Å². The predicted molar refractivity (Wildman–Crippen MR) is 79.4 cm³/mol. The number of sulfonamides is 1. The van der Waals surface area contributed by atoms with Gasteiger partial charge in [-0.2, -0.15) is 4.31 Å². The van der Waals surface area contributed by atoms with E-state index in [4.69, 9.17) is 9.47 Å². The largest absolute Gasteiger partial charge is 0.486 e. The van der Waals surface area contributed by atoms with Crippen LogP contribution < -0.4 is 9.47 Å². The topological polar surface area (TPSA) is 90.0 Å². The van der Waals surface area contributed by atoms with Gasteiger partial charge in [-0.1, -0.05) is 0 Å². The molecule has 2 aliphatic heterocycles. The Kier molecular flexibility index (Phi) is 3.82. The highest BCUT2D eigenvalue weighted by atomic mass is 32.2. The summed E-state index contributed by atoms with van der Waals surface area (Å²) in [5.41, 5.74) is 0. The monoisotopic (exact) mass is 347 g/mol. The van der Waals surface area contributed by atoms with E-state index in [1.807, 2.05) is 0 Å². The standard InChI is InChI=1S/C13H17NO6S2/c1-21(15,16)11-4-5-14(9-11)22(17,18)10-2-3-12-13(8-10)20-7-6-19-12/h2-3,8,11H,4-7,9H2,1H3/t11-/m1/s1. The van der Waals surface area contributed by atoms with Crippen LogP contribution in [0.5, 0.6) is 11.5 Å². The Morgan fingerprint density at radius 1 is 1.09 bits per heavy atom. The van der Waals surface area contributed by atoms with Crippen LogP contribution in [-0.4, -0.2) is 58.9 Å². The molecule has 22 heavy (non-hydrogen) atoms. The fraction of sp³-hybridized carbons (Fsp3) is 0.538. The Bertz CT molecular complexity index is 787. The highest BCUT2D eigenvalue weighted by Gasteiger charge is 2.37. The van der Waals surface area contributed by atoms with Crippen LogP contribution in [0.1, 0.15) is 6.42 Å². The fourth-order valence-corrected chi connectivity index (χ4v) is 5.19. The van der Waals surface area contributed by atoms with E-state index in [1.54, 1.807) is 6.07 Å². The number of benzene rings is 1. The molecule has 2 heterocycles. The second-order valence-electron chi connectivity index (χ2n) is 5.41. The van der Waals surface area contributed by atoms with Crippen molar-refractivity contribution >= 4 is 19.9 Å². The zero-order valence-electron chi connectivity index (χ0n) is 12.1. The molecule has 2 aliphatic rings. The van der Waals surface area contributed by atoms with Crippen LogP contribution in [-0.2, 0) is 19.9 Å². The number of sulfone groups is 1. The number of hydrogen-bond acceptors (Lipinski definition) is 6. The van der Waals surface area contributed by atoms with Gasteiger partial charge in [-0.25, -0.2) is 16.8 Å². The van der Waals surface area contributed by atoms with E-state index in [0.29, 0.717) is 31.1 Å². The number of rotatable bonds is 3. The van der Waals surface area contributed by atoms with E-state index in [-0.39, 0.29) is 18.0 Å². The van der Waals surface area contributed by atoms with Crippen LogP contribution in [0.25, 0.3) is 0 Å². The first-order valence-corrected chi connectivity index (χ1v) is 10.3. The summed E-state index contributed by atoms with van der Waals surface area (Å²) in [7, 11) is -6.98. The highest BCUT2D eigenvalue weighted by molar-refractivity contribution is 7.91. The SMILES string of the molecule is CS(=O)(=O)[C@@H]1CCN(S(=O)(=O)c2ccc3c(c2)OCCO3)C1. The average Bonchev–Trinajstić information content (AvgIpc) is 2.97. The van der Waals surface area contributed by atoms with Gasteiger partial charge in [0.05, 0.1) is 10.1 Å². The molecule has 7 nitrogen and oxygen atoms in total. The van der Waals surface area contributed by atoms with Crippen LogP contribution >= 0.6 is 0 Å². The lowest BCUT2D eigenvalue weighted by molar-refractivity contribution is 0.171. The first-order valence-electron chi connectivity index (χ1n) is 6.87. The molecule has 1 fully saturated rings. The molecule has 1 aromatic carbocycles. The van der Waals surface area contributed by atoms with Crippen molar-refractivity contribution in [2.75, 3.05) is 32.6 Å². The normalized spacial score (nSPS) is 22.7. The molecule has 0 unspecified atom stereocenters.